The lowest BCUT2D eigenvalue weighted by Gasteiger charge is -2.30. The van der Waals surface area contributed by atoms with E-state index in [4.69, 9.17) is 113 Å². The predicted molar refractivity (Wildman–Crippen MR) is 345 cm³/mol. The van der Waals surface area contributed by atoms with Gasteiger partial charge >= 0.3 is 38.4 Å². The summed E-state index contributed by atoms with van der Waals surface area (Å²) in [6.45, 7) is -6.51. The number of anilines is 3. The van der Waals surface area contributed by atoms with Crippen LogP contribution in [0.1, 0.15) is 54.9 Å². The van der Waals surface area contributed by atoms with E-state index in [9.17, 15) is 43.2 Å². The molecule has 19 atom stereocenters. The summed E-state index contributed by atoms with van der Waals surface area (Å²) in [7, 11) is 0.304. The molecule has 98 heavy (non-hydrogen) atoms. The van der Waals surface area contributed by atoms with Crippen LogP contribution in [0.4, 0.5) is 17.5 Å². The van der Waals surface area contributed by atoms with E-state index in [2.05, 4.69) is 42.2 Å². The number of aromatic nitrogens is 10. The topological polar surface area (TPSA) is 507 Å². The van der Waals surface area contributed by atoms with Gasteiger partial charge in [0, 0.05) is 63.7 Å². The number of aryl methyl sites for hydroxylation is 3. The summed E-state index contributed by atoms with van der Waals surface area (Å²) in [4.78, 5) is 99.9. The van der Waals surface area contributed by atoms with Gasteiger partial charge in [-0.2, -0.15) is 9.97 Å². The van der Waals surface area contributed by atoms with Crippen LogP contribution in [0, 0.1) is 20.8 Å². The number of methoxy groups -OCH3 is 4. The number of nitrogens with zero attached hydrogens (tertiary/aromatic N) is 9. The fourth-order valence-electron chi connectivity index (χ4n) is 11.0. The zero-order valence-corrected chi connectivity index (χ0v) is 58.6. The molecular formula is C53H80N13O27P3S2. The number of aromatic amines is 1. The summed E-state index contributed by atoms with van der Waals surface area (Å²) < 4.78 is 141. The molecule has 0 saturated carbocycles. The number of H-pyrrole nitrogens is 1. The maximum atomic E-state index is 14.7. The van der Waals surface area contributed by atoms with Gasteiger partial charge in [-0.05, 0) is 39.0 Å². The number of thiol groups is 1. The van der Waals surface area contributed by atoms with Gasteiger partial charge in [0.1, 0.15) is 90.6 Å². The van der Waals surface area contributed by atoms with E-state index < -0.39 is 162 Å². The summed E-state index contributed by atoms with van der Waals surface area (Å²) in [6, 6.07) is 0. The number of nitrogen functional groups attached to an aromatic ring is 3. The van der Waals surface area contributed by atoms with Crippen molar-refractivity contribution in [2.45, 2.75) is 132 Å². The van der Waals surface area contributed by atoms with Crippen molar-refractivity contribution in [3.8, 4) is 0 Å². The van der Waals surface area contributed by atoms with Crippen LogP contribution in [0.15, 0.2) is 50.4 Å². The molecule has 0 spiro atoms. The van der Waals surface area contributed by atoms with Crippen molar-refractivity contribution in [1.29, 1.82) is 0 Å². The predicted octanol–water partition coefficient (Wildman–Crippen LogP) is -0.390. The van der Waals surface area contributed by atoms with Crippen molar-refractivity contribution in [3.63, 3.8) is 0 Å². The average molecular weight is 1490 g/mol. The highest BCUT2D eigenvalue weighted by Gasteiger charge is 2.56. The van der Waals surface area contributed by atoms with Gasteiger partial charge in [0.05, 0.1) is 85.1 Å². The van der Waals surface area contributed by atoms with Gasteiger partial charge in [-0.3, -0.25) is 50.7 Å². The number of nitrogens with one attached hydrogen (secondary N) is 1. The number of aliphatic hydroxyl groups is 1. The Morgan fingerprint density at radius 1 is 0.561 bits per heavy atom. The monoisotopic (exact) mass is 1490 g/mol. The van der Waals surface area contributed by atoms with Gasteiger partial charge < -0.3 is 93.5 Å². The number of ether oxygens (including phenoxy) is 12. The Kier molecular flexibility index (Phi) is 26.7. The zero-order valence-electron chi connectivity index (χ0n) is 54.2. The third-order valence-electron chi connectivity index (χ3n) is 15.9. The van der Waals surface area contributed by atoms with Crippen molar-refractivity contribution in [2.24, 2.45) is 0 Å². The highest BCUT2D eigenvalue weighted by molar-refractivity contribution is 8.44. The van der Waals surface area contributed by atoms with E-state index in [1.54, 1.807) is 20.8 Å². The maximum Gasteiger partial charge on any atom is 0.472 e. The summed E-state index contributed by atoms with van der Waals surface area (Å²) in [5, 5.41) is 11.6. The summed E-state index contributed by atoms with van der Waals surface area (Å²) >= 11 is 10.00. The largest absolute Gasteiger partial charge is 0.472 e. The molecule has 0 amide bonds. The first-order valence-electron chi connectivity index (χ1n) is 30.3. The molecule has 0 aliphatic carbocycles. The Bertz CT molecular complexity index is 3930. The molecule has 9 heterocycles. The fraction of sp³-hybridized carbons (Fsp3) is 0.679. The highest BCUT2D eigenvalue weighted by atomic mass is 32.7. The van der Waals surface area contributed by atoms with Crippen LogP contribution in [-0.4, -0.2) is 237 Å². The van der Waals surface area contributed by atoms with Crippen LogP contribution < -0.4 is 39.8 Å². The number of hydrogen-bond donors (Lipinski definition) is 8. The summed E-state index contributed by atoms with van der Waals surface area (Å²) in [5.41, 5.74) is 15.7. The minimum absolute atomic E-state index is 0.0342. The average Bonchev–Trinajstić information content (AvgIpc) is 1.63. The molecule has 5 aromatic heterocycles. The molecule has 0 bridgehead atoms. The molecule has 4 aliphatic rings. The minimum Gasteiger partial charge on any atom is -0.387 e. The Hall–Kier alpha value is -4.99. The Morgan fingerprint density at radius 2 is 1.01 bits per heavy atom. The van der Waals surface area contributed by atoms with Gasteiger partial charge in [0.2, 0.25) is 0 Å². The fourth-order valence-corrected chi connectivity index (χ4v) is 14.9. The van der Waals surface area contributed by atoms with E-state index in [-0.39, 0.29) is 93.5 Å². The maximum absolute atomic E-state index is 14.7. The van der Waals surface area contributed by atoms with E-state index in [1.807, 2.05) is 0 Å². The van der Waals surface area contributed by atoms with Crippen LogP contribution in [-0.2, 0) is 105 Å². The van der Waals surface area contributed by atoms with E-state index in [0.717, 1.165) is 19.9 Å². The lowest BCUT2D eigenvalue weighted by atomic mass is 10.1. The normalized spacial score (nSPS) is 29.1. The minimum atomic E-state index is -5.32. The number of imidazole rings is 1. The van der Waals surface area contributed by atoms with Crippen molar-refractivity contribution >= 4 is 74.0 Å². The Balaban J connectivity index is 1.00. The van der Waals surface area contributed by atoms with E-state index >= 15 is 0 Å². The number of phosphoric ester groups is 1. The quantitative estimate of drug-likeness (QED) is 0.0144. The molecule has 7 unspecified atom stereocenters. The molecule has 45 heteroatoms. The first-order valence-corrected chi connectivity index (χ1v) is 37.1. The number of aliphatic hydroxyl groups excluding tert-OH is 1. The first kappa shape index (κ1) is 77.2. The standard InChI is InChI=1S/C53H80N13O27P3S2/c1-9-29-35(39(81-15-11-77-6)50(87-29)66-25-59-33-44(56)57-24-58-45(33)66)91-94(72,73)84-22-31-36(40(82-16-12-78-7)48(89-31)64-19-27(3)43(55)61-52(64)70)92-96(75,98)86-23-32-37(41(83-17-13-79-8)49(90-32)65-20-28(4)46(68)62-53(65)71)93-95(74,97)85-21-30-34(67)38(80-14-10-76-5)47(88-30)63-18-26(2)42(54)60-51(63)69/h18-20,24-25,29-32,34-41,47-50,67H,9-17,21-23H2,1-8H3,(H,72,73)(H,74,97)(H,75,98)(H2,54,60,69)(H2,55,61,70)(H2,56,57,58)(H,62,68,71)/t29-,30-,31-,32-,34?,35?,36?,37?,38+,39+,40+,41+,47-,48-,49-,50-,95?,96?/m1/s1. The van der Waals surface area contributed by atoms with Crippen molar-refractivity contribution in [1.82, 2.24) is 48.2 Å². The Labute approximate surface area is 568 Å². The SMILES string of the molecule is CC[C@H]1O[C@@H](n2cnc3c(N)ncnc32)[C@@H](OCCOC)C1OP(=O)(O)OC[C@H]1O[C@@H](n2cc(C)c(N)nc2=O)[C@@H](OCCOC)C1OP(O)(=S)OC[C@H]1O[C@@H](n2cc(C)c(=O)[nH]c2=O)[C@@H](OCCOC)C1OP(=O)(S)OC[C@H]1O[C@@H](n2cc(C)c(N)nc2=O)[C@@H](OCCOC)C1O. The lowest BCUT2D eigenvalue weighted by molar-refractivity contribution is -0.0842. The number of nitrogens with two attached hydrogens (primary N) is 3. The van der Waals surface area contributed by atoms with Gasteiger partial charge in [-0.25, -0.2) is 38.5 Å². The van der Waals surface area contributed by atoms with Crippen LogP contribution in [0.25, 0.3) is 11.2 Å². The van der Waals surface area contributed by atoms with Crippen molar-refractivity contribution in [3.05, 3.63) is 89.7 Å². The second-order valence-electron chi connectivity index (χ2n) is 22.5. The molecule has 40 nitrogen and oxygen atoms in total. The highest BCUT2D eigenvalue weighted by Crippen LogP contribution is 2.58. The van der Waals surface area contributed by atoms with Gasteiger partial charge in [-0.1, -0.05) is 19.2 Å². The van der Waals surface area contributed by atoms with Crippen molar-refractivity contribution < 1.29 is 108 Å². The molecule has 5 aromatic rings. The first-order chi connectivity index (χ1) is 46.6. The summed E-state index contributed by atoms with van der Waals surface area (Å²) in [5.74, 6) is -0.100. The number of fused-ring (bicyclic) bond motifs is 1. The van der Waals surface area contributed by atoms with E-state index in [0.29, 0.717) is 11.1 Å². The van der Waals surface area contributed by atoms with Gasteiger partial charge in [0.15, 0.2) is 36.4 Å². The van der Waals surface area contributed by atoms with Crippen LogP contribution in [0.2, 0.25) is 0 Å². The molecular weight excluding hydrogens is 1410 g/mol. The number of hydrogen-bond acceptors (Lipinski definition) is 34. The lowest BCUT2D eigenvalue weighted by Crippen LogP contribution is -2.41. The van der Waals surface area contributed by atoms with Crippen LogP contribution in [0.3, 0.4) is 0 Å². The smallest absolute Gasteiger partial charge is 0.387 e. The molecule has 0 aromatic carbocycles. The van der Waals surface area contributed by atoms with E-state index in [1.165, 1.54) is 65.0 Å². The second kappa shape index (κ2) is 33.9. The Morgan fingerprint density at radius 3 is 1.55 bits per heavy atom. The molecule has 0 radical (unpaired) electrons. The number of phosphoric acid groups is 1. The van der Waals surface area contributed by atoms with Crippen LogP contribution in [0.5, 0.6) is 0 Å². The van der Waals surface area contributed by atoms with Crippen LogP contribution >= 0.6 is 33.6 Å². The molecule has 9 rings (SSSR count). The summed E-state index contributed by atoms with van der Waals surface area (Å²) in [6.07, 6.45) is -16.3. The van der Waals surface area contributed by atoms with Crippen molar-refractivity contribution in [2.75, 3.05) is 118 Å². The third kappa shape index (κ3) is 18.2. The molecule has 10 N–H and O–H groups in total. The zero-order chi connectivity index (χ0) is 71.0. The molecule has 4 aliphatic heterocycles. The second-order valence-corrected chi connectivity index (χ2v) is 29.6. The molecule has 546 valence electrons. The van der Waals surface area contributed by atoms with Gasteiger partial charge in [0.25, 0.3) is 5.56 Å². The molecule has 4 saturated heterocycles. The number of rotatable bonds is 36. The third-order valence-corrected chi connectivity index (χ3v) is 20.1. The molecule has 4 fully saturated rings. The van der Waals surface area contributed by atoms with Gasteiger partial charge in [-0.15, -0.1) is 0 Å².